The number of anilines is 1. The van der Waals surface area contributed by atoms with Gasteiger partial charge in [0, 0.05) is 44.4 Å². The van der Waals surface area contributed by atoms with Gasteiger partial charge in [-0.2, -0.15) is 26.3 Å². The SMILES string of the molecule is CNC(=O)c1csc2c(C(F)(F)F)cc(N3CCC(OC(=O)N4CC5(CC(NC(C)C(F)(F)F)CO5)C4)CC3)nc12. The molecule has 0 radical (unpaired) electrons. The van der Waals surface area contributed by atoms with E-state index in [1.807, 2.05) is 0 Å². The molecule has 41 heavy (non-hydrogen) atoms. The number of fused-ring (bicyclic) bond motifs is 1. The lowest BCUT2D eigenvalue weighted by molar-refractivity contribution is -0.153. The Balaban J connectivity index is 1.16. The number of halogens is 6. The van der Waals surface area contributed by atoms with Crippen LogP contribution in [0.1, 0.15) is 42.1 Å². The summed E-state index contributed by atoms with van der Waals surface area (Å²) in [6.07, 6.45) is -8.97. The molecular weight excluding hydrogens is 580 g/mol. The van der Waals surface area contributed by atoms with E-state index in [0.29, 0.717) is 19.3 Å². The van der Waals surface area contributed by atoms with Gasteiger partial charge in [-0.15, -0.1) is 11.3 Å². The molecule has 2 N–H and O–H groups in total. The molecule has 2 aromatic rings. The molecule has 226 valence electrons. The number of hydrogen-bond acceptors (Lipinski definition) is 8. The zero-order valence-electron chi connectivity index (χ0n) is 22.2. The number of nitrogens with zero attached hydrogens (tertiary/aromatic N) is 3. The van der Waals surface area contributed by atoms with Crippen LogP contribution in [0.4, 0.5) is 37.0 Å². The molecule has 5 heterocycles. The normalized spacial score (nSPS) is 22.2. The topological polar surface area (TPSA) is 96.0 Å². The van der Waals surface area contributed by atoms with Crippen molar-refractivity contribution in [3.63, 3.8) is 0 Å². The standard InChI is InChI=1S/C25H29F6N5O4S/c1-13(24(26,27)28)33-14-8-23(39-9-14)11-36(12-23)22(38)40-15-3-5-35(6-4-15)18-7-17(25(29,30)31)20-19(34-18)16(10-41-20)21(37)32-2/h7,10,13-15,33H,3-6,8-9,11-12H2,1-2H3,(H,32,37). The lowest BCUT2D eigenvalue weighted by Gasteiger charge is -2.46. The molecule has 0 saturated carbocycles. The third-order valence-electron chi connectivity index (χ3n) is 7.72. The fourth-order valence-corrected chi connectivity index (χ4v) is 6.50. The number of piperidine rings is 1. The Bertz CT molecular complexity index is 1300. The number of rotatable bonds is 5. The van der Waals surface area contributed by atoms with E-state index in [-0.39, 0.29) is 54.4 Å². The van der Waals surface area contributed by atoms with Crippen LogP contribution in [0.25, 0.3) is 10.2 Å². The zero-order chi connectivity index (χ0) is 29.7. The molecule has 3 aliphatic rings. The lowest BCUT2D eigenvalue weighted by atomic mass is 9.89. The smallest absolute Gasteiger partial charge is 0.417 e. The average Bonchev–Trinajstić information content (AvgIpc) is 3.51. The second-order valence-corrected chi connectivity index (χ2v) is 11.6. The maximum atomic E-state index is 13.9. The van der Waals surface area contributed by atoms with E-state index in [9.17, 15) is 35.9 Å². The van der Waals surface area contributed by atoms with Crippen molar-refractivity contribution in [2.45, 2.75) is 62.3 Å². The molecule has 3 fully saturated rings. The molecule has 16 heteroatoms. The van der Waals surface area contributed by atoms with Crippen molar-refractivity contribution < 1.29 is 45.4 Å². The summed E-state index contributed by atoms with van der Waals surface area (Å²) >= 11 is 0.813. The van der Waals surface area contributed by atoms with Crippen molar-refractivity contribution in [3.05, 3.63) is 22.6 Å². The molecule has 9 nitrogen and oxygen atoms in total. The predicted molar refractivity (Wildman–Crippen MR) is 137 cm³/mol. The van der Waals surface area contributed by atoms with Crippen LogP contribution in [0.5, 0.6) is 0 Å². The number of aromatic nitrogens is 1. The summed E-state index contributed by atoms with van der Waals surface area (Å²) in [5.41, 5.74) is -1.50. The van der Waals surface area contributed by atoms with Crippen LogP contribution in [-0.4, -0.2) is 91.7 Å². The van der Waals surface area contributed by atoms with E-state index in [2.05, 4.69) is 15.6 Å². The van der Waals surface area contributed by atoms with E-state index in [1.165, 1.54) is 17.3 Å². The van der Waals surface area contributed by atoms with Gasteiger partial charge in [-0.05, 0) is 19.4 Å². The first kappa shape index (κ1) is 29.6. The fraction of sp³-hybridized carbons (Fsp3) is 0.640. The maximum absolute atomic E-state index is 13.9. The molecule has 2 aromatic heterocycles. The van der Waals surface area contributed by atoms with Gasteiger partial charge < -0.3 is 29.9 Å². The van der Waals surface area contributed by atoms with Crippen molar-refractivity contribution in [1.82, 2.24) is 20.5 Å². The van der Waals surface area contributed by atoms with Crippen molar-refractivity contribution in [2.24, 2.45) is 0 Å². The first-order chi connectivity index (χ1) is 19.2. The van der Waals surface area contributed by atoms with Gasteiger partial charge in [0.25, 0.3) is 5.91 Å². The number of thiophene rings is 1. The second kappa shape index (κ2) is 10.8. The molecule has 0 bridgehead atoms. The number of carbonyl (C=O) groups is 2. The molecule has 1 spiro atoms. The molecule has 2 amide bonds. The van der Waals surface area contributed by atoms with Crippen LogP contribution in [0.3, 0.4) is 0 Å². The minimum atomic E-state index is -4.64. The van der Waals surface area contributed by atoms with Crippen LogP contribution in [-0.2, 0) is 15.7 Å². The summed E-state index contributed by atoms with van der Waals surface area (Å²) < 4.78 is 91.3. The minimum Gasteiger partial charge on any atom is -0.446 e. The van der Waals surface area contributed by atoms with Crippen LogP contribution in [0.2, 0.25) is 0 Å². The number of alkyl halides is 6. The highest BCUT2D eigenvalue weighted by Crippen LogP contribution is 2.41. The van der Waals surface area contributed by atoms with Crippen LogP contribution in [0.15, 0.2) is 11.4 Å². The summed E-state index contributed by atoms with van der Waals surface area (Å²) in [6, 6.07) is -1.16. The van der Waals surface area contributed by atoms with E-state index >= 15 is 0 Å². The second-order valence-electron chi connectivity index (χ2n) is 10.7. The fourth-order valence-electron chi connectivity index (χ4n) is 5.48. The Morgan fingerprint density at radius 3 is 2.49 bits per heavy atom. The summed E-state index contributed by atoms with van der Waals surface area (Å²) in [5.74, 6) is -0.442. The van der Waals surface area contributed by atoms with Gasteiger partial charge in [-0.25, -0.2) is 9.78 Å². The molecule has 2 atom stereocenters. The van der Waals surface area contributed by atoms with Crippen molar-refractivity contribution in [3.8, 4) is 0 Å². The average molecular weight is 610 g/mol. The zero-order valence-corrected chi connectivity index (χ0v) is 23.0. The first-order valence-corrected chi connectivity index (χ1v) is 14.0. The van der Waals surface area contributed by atoms with E-state index in [4.69, 9.17) is 9.47 Å². The molecule has 0 aliphatic carbocycles. The Morgan fingerprint density at radius 2 is 1.88 bits per heavy atom. The number of hydrogen-bond donors (Lipinski definition) is 2. The Hall–Kier alpha value is -2.85. The molecular formula is C25H29F6N5O4S. The Kier molecular flexibility index (Phi) is 7.78. The first-order valence-electron chi connectivity index (χ1n) is 13.1. The quantitative estimate of drug-likeness (QED) is 0.492. The van der Waals surface area contributed by atoms with Gasteiger partial charge in [0.2, 0.25) is 0 Å². The van der Waals surface area contributed by atoms with Gasteiger partial charge in [0.1, 0.15) is 23.6 Å². The van der Waals surface area contributed by atoms with Crippen molar-refractivity contribution >= 4 is 39.4 Å². The van der Waals surface area contributed by atoms with Crippen LogP contribution >= 0.6 is 11.3 Å². The number of carbonyl (C=O) groups excluding carboxylic acids is 2. The van der Waals surface area contributed by atoms with Gasteiger partial charge in [-0.1, -0.05) is 0 Å². The van der Waals surface area contributed by atoms with Gasteiger partial charge in [0.05, 0.1) is 41.0 Å². The van der Waals surface area contributed by atoms with Gasteiger partial charge in [0.15, 0.2) is 0 Å². The highest BCUT2D eigenvalue weighted by atomic mass is 32.1. The number of ether oxygens (including phenoxy) is 2. The van der Waals surface area contributed by atoms with Gasteiger partial charge >= 0.3 is 18.4 Å². The summed E-state index contributed by atoms with van der Waals surface area (Å²) in [7, 11) is 1.39. The third-order valence-corrected chi connectivity index (χ3v) is 8.72. The third kappa shape index (κ3) is 6.04. The number of pyridine rings is 1. The van der Waals surface area contributed by atoms with E-state index < -0.39 is 53.7 Å². The summed E-state index contributed by atoms with van der Waals surface area (Å²) in [5, 5.41) is 6.30. The van der Waals surface area contributed by atoms with E-state index in [1.54, 1.807) is 4.90 Å². The minimum absolute atomic E-state index is 0.0149. The number of nitrogens with one attached hydrogen (secondary N) is 2. The number of amides is 2. The summed E-state index contributed by atoms with van der Waals surface area (Å²) in [6.45, 7) is 2.15. The monoisotopic (exact) mass is 609 g/mol. The van der Waals surface area contributed by atoms with Crippen molar-refractivity contribution in [1.29, 1.82) is 0 Å². The highest BCUT2D eigenvalue weighted by Gasteiger charge is 2.53. The van der Waals surface area contributed by atoms with Crippen LogP contribution < -0.4 is 15.5 Å². The van der Waals surface area contributed by atoms with Gasteiger partial charge in [-0.3, -0.25) is 4.79 Å². The molecule has 2 unspecified atom stereocenters. The van der Waals surface area contributed by atoms with E-state index in [0.717, 1.165) is 24.3 Å². The Morgan fingerprint density at radius 1 is 1.20 bits per heavy atom. The number of likely N-dealkylation sites (tertiary alicyclic amines) is 1. The highest BCUT2D eigenvalue weighted by molar-refractivity contribution is 7.17. The largest absolute Gasteiger partial charge is 0.446 e. The molecule has 3 saturated heterocycles. The maximum Gasteiger partial charge on any atom is 0.417 e. The van der Waals surface area contributed by atoms with Crippen LogP contribution in [0, 0.1) is 0 Å². The molecule has 3 aliphatic heterocycles. The lowest BCUT2D eigenvalue weighted by Crippen LogP contribution is -2.64. The summed E-state index contributed by atoms with van der Waals surface area (Å²) in [4.78, 5) is 32.4. The predicted octanol–water partition coefficient (Wildman–Crippen LogP) is 4.16. The molecule has 5 rings (SSSR count). The Labute approximate surface area is 235 Å². The molecule has 0 aromatic carbocycles. The van der Waals surface area contributed by atoms with Crippen molar-refractivity contribution in [2.75, 3.05) is 44.7 Å².